The highest BCUT2D eigenvalue weighted by Crippen LogP contribution is 2.30. The Kier molecular flexibility index (Phi) is 3.20. The second kappa shape index (κ2) is 4.40. The third kappa shape index (κ3) is 2.56. The van der Waals surface area contributed by atoms with Gasteiger partial charge in [0.1, 0.15) is 10.6 Å². The Bertz CT molecular complexity index is 555. The van der Waals surface area contributed by atoms with Gasteiger partial charge in [0.05, 0.1) is 0 Å². The van der Waals surface area contributed by atoms with Gasteiger partial charge in [-0.3, -0.25) is 0 Å². The van der Waals surface area contributed by atoms with E-state index in [1.54, 1.807) is 0 Å². The molecule has 1 fully saturated rings. The maximum absolute atomic E-state index is 12.1. The lowest BCUT2D eigenvalue weighted by atomic mass is 10.0. The normalized spacial score (nSPS) is 18.9. The third-order valence-corrected chi connectivity index (χ3v) is 4.90. The molecule has 2 rings (SSSR count). The summed E-state index contributed by atoms with van der Waals surface area (Å²) < 4.78 is 26.9. The predicted octanol–water partition coefficient (Wildman–Crippen LogP) is 1.32. The fourth-order valence-corrected chi connectivity index (χ4v) is 3.75. The smallest absolute Gasteiger partial charge is 0.352 e. The third-order valence-electron chi connectivity index (χ3n) is 3.29. The number of aromatic nitrogens is 1. The second-order valence-electron chi connectivity index (χ2n) is 4.93. The van der Waals surface area contributed by atoms with Gasteiger partial charge in [-0.1, -0.05) is 12.8 Å². The van der Waals surface area contributed by atoms with E-state index >= 15 is 0 Å². The van der Waals surface area contributed by atoms with Gasteiger partial charge < -0.3 is 10.1 Å². The van der Waals surface area contributed by atoms with Crippen molar-refractivity contribution in [1.29, 1.82) is 0 Å². The molecule has 0 bridgehead atoms. The molecular weight excluding hydrogens is 256 g/mol. The van der Waals surface area contributed by atoms with Crippen molar-refractivity contribution in [3.63, 3.8) is 0 Å². The van der Waals surface area contributed by atoms with Gasteiger partial charge in [-0.05, 0) is 25.8 Å². The van der Waals surface area contributed by atoms with Gasteiger partial charge in [-0.25, -0.2) is 17.9 Å². The van der Waals surface area contributed by atoms with Crippen LogP contribution in [0.2, 0.25) is 0 Å². The van der Waals surface area contributed by atoms with Crippen LogP contribution in [0.1, 0.15) is 43.1 Å². The summed E-state index contributed by atoms with van der Waals surface area (Å²) in [7, 11) is -3.66. The van der Waals surface area contributed by atoms with E-state index < -0.39 is 21.5 Å². The average molecular weight is 272 g/mol. The van der Waals surface area contributed by atoms with Crippen LogP contribution in [-0.4, -0.2) is 30.0 Å². The average Bonchev–Trinajstić information content (AvgIpc) is 2.85. The van der Waals surface area contributed by atoms with Crippen molar-refractivity contribution in [3.8, 4) is 0 Å². The molecule has 1 aromatic heterocycles. The molecule has 7 heteroatoms. The number of nitrogens with one attached hydrogen (secondary N) is 2. The number of carboxylic acid groups (broad SMARTS) is 1. The van der Waals surface area contributed by atoms with Crippen LogP contribution in [0, 0.1) is 0 Å². The van der Waals surface area contributed by atoms with Crippen molar-refractivity contribution in [2.75, 3.05) is 0 Å². The largest absolute Gasteiger partial charge is 0.477 e. The molecular formula is C11H16N2O4S. The molecule has 0 saturated heterocycles. The summed E-state index contributed by atoms with van der Waals surface area (Å²) in [6.07, 6.45) is 4.83. The first kappa shape index (κ1) is 13.1. The number of hydrogen-bond donors (Lipinski definition) is 3. The number of carboxylic acids is 1. The summed E-state index contributed by atoms with van der Waals surface area (Å²) in [5, 5.41) is 8.75. The van der Waals surface area contributed by atoms with Crippen LogP contribution in [0.15, 0.2) is 17.2 Å². The molecule has 1 aromatic rings. The van der Waals surface area contributed by atoms with E-state index in [4.69, 9.17) is 5.11 Å². The molecule has 3 N–H and O–H groups in total. The highest BCUT2D eigenvalue weighted by Gasteiger charge is 2.34. The van der Waals surface area contributed by atoms with Crippen LogP contribution >= 0.6 is 0 Å². The van der Waals surface area contributed by atoms with Crippen molar-refractivity contribution in [2.45, 2.75) is 43.0 Å². The van der Waals surface area contributed by atoms with E-state index in [-0.39, 0.29) is 10.6 Å². The molecule has 0 unspecified atom stereocenters. The van der Waals surface area contributed by atoms with Crippen LogP contribution in [0.5, 0.6) is 0 Å². The highest BCUT2D eigenvalue weighted by atomic mass is 32.2. The molecule has 1 aliphatic carbocycles. The molecule has 6 nitrogen and oxygen atoms in total. The Morgan fingerprint density at radius 2 is 2.06 bits per heavy atom. The molecule has 100 valence electrons. The summed E-state index contributed by atoms with van der Waals surface area (Å²) >= 11 is 0. The summed E-state index contributed by atoms with van der Waals surface area (Å²) in [6, 6.07) is 1.13. The SMILES string of the molecule is CC1(NS(=O)(=O)c2c[nH]c(C(=O)O)c2)CCCC1. The van der Waals surface area contributed by atoms with E-state index in [1.165, 1.54) is 6.20 Å². The van der Waals surface area contributed by atoms with Crippen LogP contribution in [0.3, 0.4) is 0 Å². The molecule has 18 heavy (non-hydrogen) atoms. The van der Waals surface area contributed by atoms with E-state index in [1.807, 2.05) is 6.92 Å². The number of carbonyl (C=O) groups is 1. The first-order chi connectivity index (χ1) is 8.32. The Morgan fingerprint density at radius 1 is 1.44 bits per heavy atom. The Balaban J connectivity index is 2.22. The zero-order valence-electron chi connectivity index (χ0n) is 10.1. The van der Waals surface area contributed by atoms with Gasteiger partial charge in [0.15, 0.2) is 0 Å². The van der Waals surface area contributed by atoms with Crippen LogP contribution < -0.4 is 4.72 Å². The van der Waals surface area contributed by atoms with Gasteiger partial charge in [0, 0.05) is 11.7 Å². The van der Waals surface area contributed by atoms with E-state index in [0.29, 0.717) is 0 Å². The molecule has 0 radical (unpaired) electrons. The molecule has 0 aliphatic heterocycles. The monoisotopic (exact) mass is 272 g/mol. The predicted molar refractivity (Wildman–Crippen MR) is 64.9 cm³/mol. The lowest BCUT2D eigenvalue weighted by molar-refractivity contribution is 0.0691. The van der Waals surface area contributed by atoms with Crippen molar-refractivity contribution in [1.82, 2.24) is 9.71 Å². The summed E-state index contributed by atoms with van der Waals surface area (Å²) in [5.74, 6) is -1.18. The Labute approximate surface area is 105 Å². The van der Waals surface area contributed by atoms with Crippen LogP contribution in [0.25, 0.3) is 0 Å². The molecule has 1 aliphatic rings. The van der Waals surface area contributed by atoms with Gasteiger partial charge in [0.25, 0.3) is 0 Å². The van der Waals surface area contributed by atoms with Gasteiger partial charge >= 0.3 is 5.97 Å². The number of rotatable bonds is 4. The second-order valence-corrected chi connectivity index (χ2v) is 6.61. The minimum Gasteiger partial charge on any atom is -0.477 e. The minimum atomic E-state index is -3.66. The van der Waals surface area contributed by atoms with Crippen LogP contribution in [-0.2, 0) is 10.0 Å². The summed E-state index contributed by atoms with van der Waals surface area (Å²) in [6.45, 7) is 1.88. The maximum Gasteiger partial charge on any atom is 0.352 e. The van der Waals surface area contributed by atoms with Crippen LogP contribution in [0.4, 0.5) is 0 Å². The fraction of sp³-hybridized carbons (Fsp3) is 0.545. The number of hydrogen-bond acceptors (Lipinski definition) is 3. The lowest BCUT2D eigenvalue weighted by Gasteiger charge is -2.24. The zero-order chi connectivity index (χ0) is 13.4. The van der Waals surface area contributed by atoms with Crippen molar-refractivity contribution < 1.29 is 18.3 Å². The van der Waals surface area contributed by atoms with Crippen molar-refractivity contribution >= 4 is 16.0 Å². The molecule has 0 atom stereocenters. The van der Waals surface area contributed by atoms with E-state index in [0.717, 1.165) is 31.7 Å². The fourth-order valence-electron chi connectivity index (χ4n) is 2.29. The number of H-pyrrole nitrogens is 1. The Morgan fingerprint density at radius 3 is 2.56 bits per heavy atom. The molecule has 0 spiro atoms. The molecule has 0 amide bonds. The first-order valence-electron chi connectivity index (χ1n) is 5.78. The summed E-state index contributed by atoms with van der Waals surface area (Å²) in [5.41, 5.74) is -0.550. The van der Waals surface area contributed by atoms with Crippen molar-refractivity contribution in [3.05, 3.63) is 18.0 Å². The Hall–Kier alpha value is -1.34. The van der Waals surface area contributed by atoms with Gasteiger partial charge in [-0.15, -0.1) is 0 Å². The number of aromatic amines is 1. The van der Waals surface area contributed by atoms with Gasteiger partial charge in [0.2, 0.25) is 10.0 Å². The topological polar surface area (TPSA) is 99.3 Å². The van der Waals surface area contributed by atoms with E-state index in [9.17, 15) is 13.2 Å². The van der Waals surface area contributed by atoms with Crippen molar-refractivity contribution in [2.24, 2.45) is 0 Å². The first-order valence-corrected chi connectivity index (χ1v) is 7.26. The molecule has 0 aromatic carbocycles. The number of aromatic carboxylic acids is 1. The number of sulfonamides is 1. The quantitative estimate of drug-likeness (QED) is 0.769. The minimum absolute atomic E-state index is 0.0342. The molecule has 1 heterocycles. The van der Waals surface area contributed by atoms with E-state index in [2.05, 4.69) is 9.71 Å². The summed E-state index contributed by atoms with van der Waals surface area (Å²) in [4.78, 5) is 13.1. The highest BCUT2D eigenvalue weighted by molar-refractivity contribution is 7.89. The van der Waals surface area contributed by atoms with Gasteiger partial charge in [-0.2, -0.15) is 0 Å². The molecule has 1 saturated carbocycles. The maximum atomic E-state index is 12.1. The zero-order valence-corrected chi connectivity index (χ0v) is 10.9. The lowest BCUT2D eigenvalue weighted by Crippen LogP contribution is -2.43. The standard InChI is InChI=1S/C11H16N2O4S/c1-11(4-2-3-5-11)13-18(16,17)8-6-9(10(14)15)12-7-8/h6-7,12-13H,2-5H2,1H3,(H,14,15).